The van der Waals surface area contributed by atoms with Gasteiger partial charge in [0, 0.05) is 17.5 Å². The molecule has 8 heteroatoms. The Morgan fingerprint density at radius 3 is 2.78 bits per heavy atom. The lowest BCUT2D eigenvalue weighted by Crippen LogP contribution is -2.28. The van der Waals surface area contributed by atoms with E-state index in [1.807, 2.05) is 21.6 Å². The summed E-state index contributed by atoms with van der Waals surface area (Å²) in [5.41, 5.74) is 0. The third-order valence-electron chi connectivity index (χ3n) is 2.32. The first-order valence-electron chi connectivity index (χ1n) is 5.73. The number of carbonyl (C=O) groups is 1. The largest absolute Gasteiger partial charge is 0.445 e. The molecule has 0 aromatic rings. The molecular weight excluding hydrogens is 337 g/mol. The molecule has 106 valence electrons. The maximum absolute atomic E-state index is 11.2. The lowest BCUT2D eigenvalue weighted by Gasteiger charge is -2.12. The molecule has 3 nitrogen and oxygen atoms in total. The highest BCUT2D eigenvalue weighted by atomic mass is 35.6. The third-order valence-corrected chi connectivity index (χ3v) is 5.65. The molecule has 0 aromatic heterocycles. The third kappa shape index (κ3) is 8.86. The van der Waals surface area contributed by atoms with Gasteiger partial charge in [0.25, 0.3) is 0 Å². The summed E-state index contributed by atoms with van der Waals surface area (Å²) in [6.07, 6.45) is 4.04. The van der Waals surface area contributed by atoms with Crippen LogP contribution in [0.2, 0.25) is 0 Å². The minimum absolute atomic E-state index is 0.237. The van der Waals surface area contributed by atoms with Gasteiger partial charge in [-0.2, -0.15) is 0 Å². The van der Waals surface area contributed by atoms with Gasteiger partial charge in [-0.3, -0.25) is 0 Å². The van der Waals surface area contributed by atoms with E-state index in [2.05, 4.69) is 5.32 Å². The fourth-order valence-corrected chi connectivity index (χ4v) is 4.64. The van der Waals surface area contributed by atoms with Gasteiger partial charge in [-0.15, -0.1) is 0 Å². The molecule has 1 heterocycles. The van der Waals surface area contributed by atoms with Crippen LogP contribution in [0.1, 0.15) is 25.7 Å². The van der Waals surface area contributed by atoms with Gasteiger partial charge < -0.3 is 10.1 Å². The van der Waals surface area contributed by atoms with Crippen LogP contribution in [0.3, 0.4) is 0 Å². The van der Waals surface area contributed by atoms with Crippen molar-refractivity contribution in [3.8, 4) is 0 Å². The Bertz CT molecular complexity index is 258. The molecule has 0 spiro atoms. The maximum Gasteiger partial charge on any atom is 0.407 e. The number of unbranched alkanes of at least 4 members (excludes halogenated alkanes) is 1. The highest BCUT2D eigenvalue weighted by Crippen LogP contribution is 2.39. The van der Waals surface area contributed by atoms with Crippen LogP contribution in [0.4, 0.5) is 4.79 Å². The molecule has 1 N–H and O–H groups in total. The predicted octanol–water partition coefficient (Wildman–Crippen LogP) is 4.41. The Labute approximate surface area is 130 Å². The fourth-order valence-electron chi connectivity index (χ4n) is 1.45. The molecule has 1 saturated heterocycles. The van der Waals surface area contributed by atoms with Crippen molar-refractivity contribution in [2.45, 2.75) is 34.7 Å². The van der Waals surface area contributed by atoms with Crippen molar-refractivity contribution >= 4 is 62.5 Å². The normalized spacial score (nSPS) is 19.8. The second kappa shape index (κ2) is 8.90. The second-order valence-corrected chi connectivity index (χ2v) is 9.25. The van der Waals surface area contributed by atoms with E-state index in [0.717, 1.165) is 18.1 Å². The monoisotopic (exact) mass is 351 g/mol. The SMILES string of the molecule is O=C(NCCCCC1CCSS1)OCC(Cl)(Cl)Cl. The van der Waals surface area contributed by atoms with Crippen LogP contribution in [-0.2, 0) is 4.74 Å². The van der Waals surface area contributed by atoms with E-state index in [4.69, 9.17) is 39.5 Å². The number of ether oxygens (including phenoxy) is 1. The highest BCUT2D eigenvalue weighted by molar-refractivity contribution is 8.77. The molecule has 1 rings (SSSR count). The minimum atomic E-state index is -1.55. The smallest absolute Gasteiger partial charge is 0.407 e. The van der Waals surface area contributed by atoms with Crippen molar-refractivity contribution in [3.05, 3.63) is 0 Å². The molecule has 0 radical (unpaired) electrons. The Morgan fingerprint density at radius 1 is 1.39 bits per heavy atom. The fraction of sp³-hybridized carbons (Fsp3) is 0.900. The summed E-state index contributed by atoms with van der Waals surface area (Å²) in [6.45, 7) is 0.364. The molecule has 1 amide bonds. The maximum atomic E-state index is 11.2. The minimum Gasteiger partial charge on any atom is -0.445 e. The topological polar surface area (TPSA) is 38.3 Å². The quantitative estimate of drug-likeness (QED) is 0.436. The summed E-state index contributed by atoms with van der Waals surface area (Å²) in [7, 11) is 3.93. The molecule has 1 aliphatic heterocycles. The summed E-state index contributed by atoms with van der Waals surface area (Å²) >= 11 is 16.4. The van der Waals surface area contributed by atoms with Crippen LogP contribution in [-0.4, -0.2) is 34.0 Å². The Morgan fingerprint density at radius 2 is 2.17 bits per heavy atom. The standard InChI is InChI=1S/C10H16Cl3NO2S2/c11-10(12,13)7-16-9(15)14-5-2-1-3-8-4-6-17-18-8/h8H,1-7H2,(H,14,15). The van der Waals surface area contributed by atoms with Crippen molar-refractivity contribution in [1.29, 1.82) is 0 Å². The number of rotatable bonds is 6. The first-order chi connectivity index (χ1) is 8.47. The van der Waals surface area contributed by atoms with E-state index in [1.165, 1.54) is 18.6 Å². The van der Waals surface area contributed by atoms with Crippen molar-refractivity contribution in [2.24, 2.45) is 0 Å². The average molecular weight is 353 g/mol. The lowest BCUT2D eigenvalue weighted by molar-refractivity contribution is 0.148. The molecular formula is C10H16Cl3NO2S2. The Hall–Kier alpha value is 0.840. The highest BCUT2D eigenvalue weighted by Gasteiger charge is 2.22. The first kappa shape index (κ1) is 16.9. The van der Waals surface area contributed by atoms with Crippen LogP contribution in [0.25, 0.3) is 0 Å². The van der Waals surface area contributed by atoms with Crippen LogP contribution in [0.15, 0.2) is 0 Å². The number of hydrogen-bond acceptors (Lipinski definition) is 4. The number of nitrogens with one attached hydrogen (secondary N) is 1. The summed E-state index contributed by atoms with van der Waals surface area (Å²) in [5, 5.41) is 3.42. The van der Waals surface area contributed by atoms with E-state index >= 15 is 0 Å². The van der Waals surface area contributed by atoms with Gasteiger partial charge in [-0.25, -0.2) is 4.79 Å². The zero-order valence-electron chi connectivity index (χ0n) is 9.79. The van der Waals surface area contributed by atoms with Crippen molar-refractivity contribution in [3.63, 3.8) is 0 Å². The average Bonchev–Trinajstić information content (AvgIpc) is 2.78. The number of amides is 1. The van der Waals surface area contributed by atoms with Crippen LogP contribution >= 0.6 is 56.4 Å². The van der Waals surface area contributed by atoms with Crippen molar-refractivity contribution in [2.75, 3.05) is 18.9 Å². The van der Waals surface area contributed by atoms with Gasteiger partial charge in [-0.05, 0) is 19.3 Å². The van der Waals surface area contributed by atoms with Gasteiger partial charge in [0.1, 0.15) is 6.61 Å². The molecule has 0 aliphatic carbocycles. The zero-order chi connectivity index (χ0) is 13.4. The molecule has 0 bridgehead atoms. The summed E-state index contributed by atoms with van der Waals surface area (Å²) in [4.78, 5) is 11.2. The molecule has 1 atom stereocenters. The van der Waals surface area contributed by atoms with Crippen LogP contribution in [0.5, 0.6) is 0 Å². The van der Waals surface area contributed by atoms with E-state index < -0.39 is 9.89 Å². The molecule has 0 saturated carbocycles. The predicted molar refractivity (Wildman–Crippen MR) is 81.9 cm³/mol. The number of halogens is 3. The van der Waals surface area contributed by atoms with E-state index in [0.29, 0.717) is 6.54 Å². The van der Waals surface area contributed by atoms with Gasteiger partial charge in [0.05, 0.1) is 0 Å². The Kier molecular flexibility index (Phi) is 8.35. The zero-order valence-corrected chi connectivity index (χ0v) is 13.7. The lowest BCUT2D eigenvalue weighted by atomic mass is 10.1. The number of carbonyl (C=O) groups excluding carboxylic acids is 1. The van der Waals surface area contributed by atoms with E-state index in [1.54, 1.807) is 0 Å². The summed E-state index contributed by atoms with van der Waals surface area (Å²) in [6, 6.07) is 0. The van der Waals surface area contributed by atoms with Crippen molar-refractivity contribution < 1.29 is 9.53 Å². The van der Waals surface area contributed by atoms with Gasteiger partial charge in [0.2, 0.25) is 3.79 Å². The molecule has 18 heavy (non-hydrogen) atoms. The number of alkyl carbamates (subject to hydrolysis) is 1. The van der Waals surface area contributed by atoms with Gasteiger partial charge in [-0.1, -0.05) is 62.8 Å². The number of hydrogen-bond donors (Lipinski definition) is 1. The van der Waals surface area contributed by atoms with Gasteiger partial charge >= 0.3 is 6.09 Å². The van der Waals surface area contributed by atoms with Crippen LogP contribution < -0.4 is 5.32 Å². The molecule has 1 unspecified atom stereocenters. The van der Waals surface area contributed by atoms with Gasteiger partial charge in [0.15, 0.2) is 0 Å². The Balaban J connectivity index is 1.92. The van der Waals surface area contributed by atoms with Crippen LogP contribution in [0, 0.1) is 0 Å². The molecule has 1 aliphatic rings. The van der Waals surface area contributed by atoms with E-state index in [9.17, 15) is 4.79 Å². The van der Waals surface area contributed by atoms with Crippen molar-refractivity contribution in [1.82, 2.24) is 5.32 Å². The summed E-state index contributed by atoms with van der Waals surface area (Å²) in [5.74, 6) is 1.26. The second-order valence-electron chi connectivity index (χ2n) is 3.94. The first-order valence-corrected chi connectivity index (χ1v) is 9.24. The molecule has 1 fully saturated rings. The summed E-state index contributed by atoms with van der Waals surface area (Å²) < 4.78 is 3.19. The molecule has 0 aromatic carbocycles. The number of alkyl halides is 3. The van der Waals surface area contributed by atoms with E-state index in [-0.39, 0.29) is 6.61 Å².